The fraction of sp³-hybridized carbons (Fsp3) is 0.571. The van der Waals surface area contributed by atoms with Gasteiger partial charge in [0.2, 0.25) is 5.91 Å². The number of hydrogen-bond acceptors (Lipinski definition) is 6. The van der Waals surface area contributed by atoms with Crippen LogP contribution in [0, 0.1) is 17.0 Å². The van der Waals surface area contributed by atoms with E-state index in [1.165, 1.54) is 13.0 Å². The molecule has 1 aliphatic heterocycles. The van der Waals surface area contributed by atoms with E-state index >= 15 is 0 Å². The maximum Gasteiger partial charge on any atom is 0.217 e. The minimum Gasteiger partial charge on any atom is -0.484 e. The molecule has 9 heteroatoms. The SMILES string of the molecule is CNc1nc(CC(C)(C)C)cc2c1OC(C)(C)C[C@@H]2NC[C@H](O)[C@H](Cc1ccc(F)c(F)c1)NC(C)=O. The van der Waals surface area contributed by atoms with Gasteiger partial charge >= 0.3 is 0 Å². The Hall–Kier alpha value is -2.78. The maximum atomic E-state index is 13.7. The summed E-state index contributed by atoms with van der Waals surface area (Å²) in [6.07, 6.45) is 0.611. The number of benzene rings is 1. The number of fused-ring (bicyclic) bond motifs is 1. The Morgan fingerprint density at radius 1 is 1.24 bits per heavy atom. The number of nitrogens with one attached hydrogen (secondary N) is 3. The third-order valence-electron chi connectivity index (χ3n) is 6.32. The molecule has 7 nitrogen and oxygen atoms in total. The van der Waals surface area contributed by atoms with Crippen molar-refractivity contribution in [1.29, 1.82) is 0 Å². The van der Waals surface area contributed by atoms with Crippen molar-refractivity contribution < 1.29 is 23.4 Å². The summed E-state index contributed by atoms with van der Waals surface area (Å²) in [6, 6.07) is 4.82. The van der Waals surface area contributed by atoms with Crippen LogP contribution in [-0.2, 0) is 17.6 Å². The molecular formula is C28H40F2N4O3. The van der Waals surface area contributed by atoms with Gasteiger partial charge in [0.25, 0.3) is 0 Å². The van der Waals surface area contributed by atoms with Crippen LogP contribution < -0.4 is 20.7 Å². The smallest absolute Gasteiger partial charge is 0.217 e. The first-order valence-corrected chi connectivity index (χ1v) is 12.7. The summed E-state index contributed by atoms with van der Waals surface area (Å²) in [5.41, 5.74) is 1.95. The maximum absolute atomic E-state index is 13.7. The molecule has 1 aromatic carbocycles. The minimum absolute atomic E-state index is 0.0472. The van der Waals surface area contributed by atoms with E-state index in [-0.39, 0.29) is 30.3 Å². The van der Waals surface area contributed by atoms with E-state index in [0.29, 0.717) is 23.6 Å². The molecule has 0 saturated carbocycles. The molecule has 37 heavy (non-hydrogen) atoms. The molecule has 2 heterocycles. The second kappa shape index (κ2) is 11.3. The number of nitrogens with zero attached hydrogens (tertiary/aromatic N) is 1. The second-order valence-electron chi connectivity index (χ2n) is 11.7. The summed E-state index contributed by atoms with van der Waals surface area (Å²) in [4.78, 5) is 16.6. The molecule has 2 aromatic rings. The molecule has 0 fully saturated rings. The normalized spacial score (nSPS) is 18.4. The number of anilines is 1. The van der Waals surface area contributed by atoms with Crippen molar-refractivity contribution in [2.75, 3.05) is 18.9 Å². The lowest BCUT2D eigenvalue weighted by Crippen LogP contribution is -2.49. The van der Waals surface area contributed by atoms with E-state index in [1.807, 2.05) is 20.9 Å². The number of aliphatic hydroxyl groups is 1. The minimum atomic E-state index is -0.980. The highest BCUT2D eigenvalue weighted by Gasteiger charge is 2.37. The summed E-state index contributed by atoms with van der Waals surface area (Å²) in [7, 11) is 1.82. The zero-order chi connectivity index (χ0) is 27.5. The van der Waals surface area contributed by atoms with E-state index < -0.39 is 29.4 Å². The lowest BCUT2D eigenvalue weighted by Gasteiger charge is -2.39. The number of rotatable bonds is 9. The number of halogens is 2. The van der Waals surface area contributed by atoms with Gasteiger partial charge in [-0.05, 0) is 55.9 Å². The second-order valence-corrected chi connectivity index (χ2v) is 11.7. The number of aliphatic hydroxyl groups excluding tert-OH is 1. The van der Waals surface area contributed by atoms with Gasteiger partial charge in [0, 0.05) is 44.2 Å². The summed E-state index contributed by atoms with van der Waals surface area (Å²) < 4.78 is 33.4. The van der Waals surface area contributed by atoms with E-state index in [0.717, 1.165) is 29.8 Å². The van der Waals surface area contributed by atoms with Gasteiger partial charge in [0.1, 0.15) is 5.60 Å². The summed E-state index contributed by atoms with van der Waals surface area (Å²) in [5.74, 6) is -0.868. The van der Waals surface area contributed by atoms with Crippen LogP contribution in [0.4, 0.5) is 14.6 Å². The first-order chi connectivity index (χ1) is 17.2. The quantitative estimate of drug-likeness (QED) is 0.396. The summed E-state index contributed by atoms with van der Waals surface area (Å²) >= 11 is 0. The van der Waals surface area contributed by atoms with Gasteiger partial charge in [-0.15, -0.1) is 0 Å². The van der Waals surface area contributed by atoms with Crippen LogP contribution in [0.1, 0.15) is 70.8 Å². The molecule has 4 N–H and O–H groups in total. The number of aromatic nitrogens is 1. The zero-order valence-electron chi connectivity index (χ0n) is 22.8. The van der Waals surface area contributed by atoms with Gasteiger partial charge in [0.05, 0.1) is 12.1 Å². The number of amides is 1. The van der Waals surface area contributed by atoms with E-state index in [2.05, 4.69) is 42.8 Å². The highest BCUT2D eigenvalue weighted by molar-refractivity contribution is 5.73. The Morgan fingerprint density at radius 3 is 2.54 bits per heavy atom. The van der Waals surface area contributed by atoms with Crippen LogP contribution in [0.3, 0.4) is 0 Å². The first kappa shape index (κ1) is 28.8. The highest BCUT2D eigenvalue weighted by atomic mass is 19.2. The summed E-state index contributed by atoms with van der Waals surface area (Å²) in [5, 5.41) is 20.4. The average Bonchev–Trinajstić information content (AvgIpc) is 2.77. The molecule has 0 radical (unpaired) electrons. The monoisotopic (exact) mass is 518 g/mol. The molecule has 0 unspecified atom stereocenters. The van der Waals surface area contributed by atoms with E-state index in [1.54, 1.807) is 0 Å². The van der Waals surface area contributed by atoms with Crippen LogP contribution in [0.5, 0.6) is 5.75 Å². The molecule has 0 aliphatic carbocycles. The van der Waals surface area contributed by atoms with Gasteiger partial charge in [-0.1, -0.05) is 26.8 Å². The van der Waals surface area contributed by atoms with E-state index in [4.69, 9.17) is 9.72 Å². The molecule has 1 amide bonds. The number of carbonyl (C=O) groups is 1. The van der Waals surface area contributed by atoms with Crippen LogP contribution in [-0.4, -0.2) is 47.3 Å². The van der Waals surface area contributed by atoms with Crippen molar-refractivity contribution >= 4 is 11.7 Å². The van der Waals surface area contributed by atoms with E-state index in [9.17, 15) is 18.7 Å². The predicted octanol–water partition coefficient (Wildman–Crippen LogP) is 4.29. The van der Waals surface area contributed by atoms with Gasteiger partial charge in [-0.3, -0.25) is 4.79 Å². The highest BCUT2D eigenvalue weighted by Crippen LogP contribution is 2.44. The fourth-order valence-electron chi connectivity index (χ4n) is 4.75. The summed E-state index contributed by atoms with van der Waals surface area (Å²) in [6.45, 7) is 12.0. The van der Waals surface area contributed by atoms with Gasteiger partial charge < -0.3 is 25.8 Å². The van der Waals surface area contributed by atoms with Crippen LogP contribution in [0.25, 0.3) is 0 Å². The molecule has 204 valence electrons. The van der Waals surface area contributed by atoms with Crippen molar-refractivity contribution in [2.24, 2.45) is 5.41 Å². The van der Waals surface area contributed by atoms with Crippen molar-refractivity contribution in [1.82, 2.24) is 15.6 Å². The molecular weight excluding hydrogens is 478 g/mol. The average molecular weight is 519 g/mol. The first-order valence-electron chi connectivity index (χ1n) is 12.7. The molecule has 0 saturated heterocycles. The molecule has 1 aromatic heterocycles. The lowest BCUT2D eigenvalue weighted by molar-refractivity contribution is -0.120. The third kappa shape index (κ3) is 7.85. The Bertz CT molecular complexity index is 1120. The van der Waals surface area contributed by atoms with Crippen LogP contribution in [0.15, 0.2) is 24.3 Å². The van der Waals surface area contributed by atoms with Crippen molar-refractivity contribution in [2.45, 2.75) is 84.6 Å². The van der Waals surface area contributed by atoms with Gasteiger partial charge in [0.15, 0.2) is 23.2 Å². The largest absolute Gasteiger partial charge is 0.484 e. The number of ether oxygens (including phenoxy) is 1. The number of pyridine rings is 1. The molecule has 1 aliphatic rings. The molecule has 0 spiro atoms. The molecule has 3 rings (SSSR count). The van der Waals surface area contributed by atoms with Crippen molar-refractivity contribution in [3.05, 3.63) is 52.7 Å². The van der Waals surface area contributed by atoms with Crippen LogP contribution >= 0.6 is 0 Å². The third-order valence-corrected chi connectivity index (χ3v) is 6.32. The zero-order valence-corrected chi connectivity index (χ0v) is 22.8. The van der Waals surface area contributed by atoms with Crippen molar-refractivity contribution in [3.63, 3.8) is 0 Å². The molecule has 0 bridgehead atoms. The predicted molar refractivity (Wildman–Crippen MR) is 141 cm³/mol. The van der Waals surface area contributed by atoms with Crippen molar-refractivity contribution in [3.8, 4) is 5.75 Å². The van der Waals surface area contributed by atoms with Gasteiger partial charge in [-0.2, -0.15) is 0 Å². The Kier molecular flexibility index (Phi) is 8.80. The van der Waals surface area contributed by atoms with Crippen LogP contribution in [0.2, 0.25) is 0 Å². The van der Waals surface area contributed by atoms with Gasteiger partial charge in [-0.25, -0.2) is 13.8 Å². The Balaban J connectivity index is 1.84. The molecule has 3 atom stereocenters. The number of hydrogen-bond donors (Lipinski definition) is 4. The Labute approximate surface area is 218 Å². The number of carbonyl (C=O) groups excluding carboxylic acids is 1. The fourth-order valence-corrected chi connectivity index (χ4v) is 4.75. The standard InChI is InChI=1S/C28H40F2N4O3/c1-16(35)33-22(11-17-8-9-20(29)21(30)10-17)24(36)15-32-23-14-28(5,6)37-25-19(23)12-18(13-27(2,3)4)34-26(25)31-7/h8-10,12,22-24,32,36H,11,13-15H2,1-7H3,(H,31,34)(H,33,35)/t22-,23-,24-/m0/s1. The lowest BCUT2D eigenvalue weighted by atomic mass is 9.86. The topological polar surface area (TPSA) is 95.5 Å². The Morgan fingerprint density at radius 2 is 1.95 bits per heavy atom.